The maximum atomic E-state index is 3.72. The fraction of sp³-hybridized carbons (Fsp3) is 1.00. The fourth-order valence-corrected chi connectivity index (χ4v) is 4.03. The third kappa shape index (κ3) is 4.27. The Bertz CT molecular complexity index is 186. The lowest BCUT2D eigenvalue weighted by molar-refractivity contribution is 0.338. The highest BCUT2D eigenvalue weighted by Gasteiger charge is 2.18. The highest BCUT2D eigenvalue weighted by molar-refractivity contribution is 7.99. The fourth-order valence-electron chi connectivity index (χ4n) is 2.75. The molecule has 0 amide bonds. The van der Waals surface area contributed by atoms with Crippen LogP contribution in [0.25, 0.3) is 0 Å². The third-order valence-corrected chi connectivity index (χ3v) is 5.06. The molecule has 94 valence electrons. The zero-order chi connectivity index (χ0) is 11.2. The molecule has 0 spiro atoms. The first-order chi connectivity index (χ1) is 7.84. The molecule has 2 rings (SSSR count). The summed E-state index contributed by atoms with van der Waals surface area (Å²) in [5.74, 6) is 3.69. The van der Waals surface area contributed by atoms with Crippen LogP contribution in [0.3, 0.4) is 0 Å². The van der Waals surface area contributed by atoms with Crippen molar-refractivity contribution in [1.82, 2.24) is 10.6 Å². The summed E-state index contributed by atoms with van der Waals surface area (Å²) in [5.41, 5.74) is 0. The van der Waals surface area contributed by atoms with Crippen LogP contribution in [0, 0.1) is 5.92 Å². The van der Waals surface area contributed by atoms with Crippen molar-refractivity contribution in [2.24, 2.45) is 5.92 Å². The first-order valence-corrected chi connectivity index (χ1v) is 8.04. The highest BCUT2D eigenvalue weighted by atomic mass is 32.2. The van der Waals surface area contributed by atoms with Crippen LogP contribution >= 0.6 is 11.8 Å². The van der Waals surface area contributed by atoms with E-state index in [1.807, 2.05) is 0 Å². The van der Waals surface area contributed by atoms with Gasteiger partial charge in [-0.05, 0) is 63.1 Å². The molecule has 3 unspecified atom stereocenters. The van der Waals surface area contributed by atoms with Crippen molar-refractivity contribution in [3.63, 3.8) is 0 Å². The largest absolute Gasteiger partial charge is 0.314 e. The van der Waals surface area contributed by atoms with E-state index in [4.69, 9.17) is 0 Å². The van der Waals surface area contributed by atoms with Crippen LogP contribution in [0.2, 0.25) is 0 Å². The summed E-state index contributed by atoms with van der Waals surface area (Å²) in [7, 11) is 0. The molecular weight excluding hydrogens is 216 g/mol. The number of nitrogens with one attached hydrogen (secondary N) is 2. The minimum atomic E-state index is 0.682. The average Bonchev–Trinajstić information content (AvgIpc) is 2.81. The van der Waals surface area contributed by atoms with Gasteiger partial charge in [-0.2, -0.15) is 11.8 Å². The summed E-state index contributed by atoms with van der Waals surface area (Å²) in [4.78, 5) is 0. The SMILES string of the molecule is CC(CC1CCCCN1)NCC1CCSC1. The van der Waals surface area contributed by atoms with Gasteiger partial charge in [0, 0.05) is 12.1 Å². The monoisotopic (exact) mass is 242 g/mol. The average molecular weight is 242 g/mol. The molecule has 0 aliphatic carbocycles. The van der Waals surface area contributed by atoms with Gasteiger partial charge in [0.25, 0.3) is 0 Å². The lowest BCUT2D eigenvalue weighted by Crippen LogP contribution is -2.41. The molecule has 0 aromatic rings. The normalized spacial score (nSPS) is 32.8. The van der Waals surface area contributed by atoms with E-state index in [0.717, 1.165) is 12.0 Å². The second-order valence-corrected chi connectivity index (χ2v) is 6.57. The summed E-state index contributed by atoms with van der Waals surface area (Å²) < 4.78 is 0. The Balaban J connectivity index is 1.57. The first-order valence-electron chi connectivity index (χ1n) is 6.89. The van der Waals surface area contributed by atoms with Crippen LogP contribution in [0.5, 0.6) is 0 Å². The second kappa shape index (κ2) is 6.87. The van der Waals surface area contributed by atoms with Crippen LogP contribution in [0.4, 0.5) is 0 Å². The van der Waals surface area contributed by atoms with Gasteiger partial charge in [0.05, 0.1) is 0 Å². The Morgan fingerprint density at radius 2 is 2.31 bits per heavy atom. The number of hydrogen-bond donors (Lipinski definition) is 2. The summed E-state index contributed by atoms with van der Waals surface area (Å²) in [5, 5.41) is 7.35. The maximum absolute atomic E-state index is 3.72. The summed E-state index contributed by atoms with van der Waals surface area (Å²) >= 11 is 2.12. The molecule has 2 N–H and O–H groups in total. The first kappa shape index (κ1) is 12.7. The minimum absolute atomic E-state index is 0.682. The van der Waals surface area contributed by atoms with E-state index in [9.17, 15) is 0 Å². The Labute approximate surface area is 104 Å². The molecule has 0 radical (unpaired) electrons. The van der Waals surface area contributed by atoms with E-state index in [1.165, 1.54) is 56.7 Å². The van der Waals surface area contributed by atoms with Crippen LogP contribution in [-0.4, -0.2) is 36.7 Å². The topological polar surface area (TPSA) is 24.1 Å². The molecule has 0 bridgehead atoms. The van der Waals surface area contributed by atoms with E-state index < -0.39 is 0 Å². The van der Waals surface area contributed by atoms with Gasteiger partial charge in [0.2, 0.25) is 0 Å². The summed E-state index contributed by atoms with van der Waals surface area (Å²) in [6.45, 7) is 4.82. The molecule has 3 heteroatoms. The van der Waals surface area contributed by atoms with Gasteiger partial charge in [-0.15, -0.1) is 0 Å². The lowest BCUT2D eigenvalue weighted by atomic mass is 9.98. The van der Waals surface area contributed by atoms with E-state index in [1.54, 1.807) is 0 Å². The quantitative estimate of drug-likeness (QED) is 0.773. The molecule has 2 saturated heterocycles. The molecule has 0 aromatic carbocycles. The second-order valence-electron chi connectivity index (χ2n) is 5.42. The molecule has 0 aromatic heterocycles. The number of hydrogen-bond acceptors (Lipinski definition) is 3. The Morgan fingerprint density at radius 1 is 1.38 bits per heavy atom. The molecular formula is C13H26N2S. The lowest BCUT2D eigenvalue weighted by Gasteiger charge is -2.27. The zero-order valence-corrected chi connectivity index (χ0v) is 11.3. The highest BCUT2D eigenvalue weighted by Crippen LogP contribution is 2.22. The van der Waals surface area contributed by atoms with Crippen molar-refractivity contribution in [2.45, 2.75) is 51.1 Å². The van der Waals surface area contributed by atoms with Crippen LogP contribution in [0.15, 0.2) is 0 Å². The third-order valence-electron chi connectivity index (χ3n) is 3.83. The molecule has 2 aliphatic rings. The number of piperidine rings is 1. The number of thioether (sulfide) groups is 1. The zero-order valence-electron chi connectivity index (χ0n) is 10.5. The van der Waals surface area contributed by atoms with Gasteiger partial charge < -0.3 is 10.6 Å². The van der Waals surface area contributed by atoms with Crippen molar-refractivity contribution in [2.75, 3.05) is 24.6 Å². The van der Waals surface area contributed by atoms with Gasteiger partial charge in [0.1, 0.15) is 0 Å². The van der Waals surface area contributed by atoms with E-state index in [2.05, 4.69) is 29.3 Å². The van der Waals surface area contributed by atoms with E-state index in [-0.39, 0.29) is 0 Å². The Kier molecular flexibility index (Phi) is 5.46. The van der Waals surface area contributed by atoms with Gasteiger partial charge in [-0.3, -0.25) is 0 Å². The van der Waals surface area contributed by atoms with Gasteiger partial charge in [0.15, 0.2) is 0 Å². The standard InChI is InChI=1S/C13H26N2S/c1-11(8-13-4-2-3-6-14-13)15-9-12-5-7-16-10-12/h11-15H,2-10H2,1H3. The van der Waals surface area contributed by atoms with E-state index in [0.29, 0.717) is 6.04 Å². The van der Waals surface area contributed by atoms with Crippen LogP contribution in [-0.2, 0) is 0 Å². The predicted molar refractivity (Wildman–Crippen MR) is 73.2 cm³/mol. The van der Waals surface area contributed by atoms with Gasteiger partial charge in [-0.1, -0.05) is 6.42 Å². The number of rotatable bonds is 5. The summed E-state index contributed by atoms with van der Waals surface area (Å²) in [6, 6.07) is 1.45. The van der Waals surface area contributed by atoms with Crippen molar-refractivity contribution in [1.29, 1.82) is 0 Å². The Morgan fingerprint density at radius 3 is 3.00 bits per heavy atom. The van der Waals surface area contributed by atoms with Crippen molar-refractivity contribution in [3.8, 4) is 0 Å². The van der Waals surface area contributed by atoms with Crippen molar-refractivity contribution >= 4 is 11.8 Å². The van der Waals surface area contributed by atoms with Crippen molar-refractivity contribution in [3.05, 3.63) is 0 Å². The van der Waals surface area contributed by atoms with Crippen molar-refractivity contribution < 1.29 is 0 Å². The van der Waals surface area contributed by atoms with Gasteiger partial charge in [-0.25, -0.2) is 0 Å². The molecule has 16 heavy (non-hydrogen) atoms. The van der Waals surface area contributed by atoms with E-state index >= 15 is 0 Å². The Hall–Kier alpha value is 0.270. The predicted octanol–water partition coefficient (Wildman–Crippen LogP) is 2.25. The molecule has 2 fully saturated rings. The summed E-state index contributed by atoms with van der Waals surface area (Å²) in [6.07, 6.45) is 6.90. The van der Waals surface area contributed by atoms with Gasteiger partial charge >= 0.3 is 0 Å². The maximum Gasteiger partial charge on any atom is 0.00817 e. The smallest absolute Gasteiger partial charge is 0.00817 e. The van der Waals surface area contributed by atoms with Crippen LogP contribution in [0.1, 0.15) is 39.0 Å². The molecule has 3 atom stereocenters. The molecule has 2 aliphatic heterocycles. The minimum Gasteiger partial charge on any atom is -0.314 e. The molecule has 2 heterocycles. The molecule has 2 nitrogen and oxygen atoms in total. The molecule has 0 saturated carbocycles. The van der Waals surface area contributed by atoms with Crippen LogP contribution < -0.4 is 10.6 Å².